The van der Waals surface area contributed by atoms with E-state index in [9.17, 15) is 4.79 Å². The summed E-state index contributed by atoms with van der Waals surface area (Å²) in [5, 5.41) is 1.98. The van der Waals surface area contributed by atoms with Gasteiger partial charge in [0.25, 0.3) is 5.91 Å². The van der Waals surface area contributed by atoms with Crippen molar-refractivity contribution >= 4 is 29.1 Å². The van der Waals surface area contributed by atoms with Gasteiger partial charge in [-0.2, -0.15) is 0 Å². The van der Waals surface area contributed by atoms with Crippen molar-refractivity contribution in [1.29, 1.82) is 0 Å². The Morgan fingerprint density at radius 2 is 2.17 bits per heavy atom. The van der Waals surface area contributed by atoms with Crippen LogP contribution in [0.3, 0.4) is 0 Å². The number of thiophene rings is 1. The number of furan rings is 1. The average Bonchev–Trinajstić information content (AvgIpc) is 3.27. The Morgan fingerprint density at radius 1 is 1.26 bits per heavy atom. The predicted molar refractivity (Wildman–Crippen MR) is 92.2 cm³/mol. The van der Waals surface area contributed by atoms with Gasteiger partial charge in [0.1, 0.15) is 11.6 Å². The van der Waals surface area contributed by atoms with Crippen LogP contribution in [0.4, 0.5) is 5.82 Å². The number of nitrogens with zero attached hydrogens (tertiary/aromatic N) is 2. The maximum absolute atomic E-state index is 12.7. The summed E-state index contributed by atoms with van der Waals surface area (Å²) >= 11 is 1.59. The highest BCUT2D eigenvalue weighted by Gasteiger charge is 2.24. The zero-order valence-electron chi connectivity index (χ0n) is 12.6. The molecule has 0 aliphatic carbocycles. The topological polar surface area (TPSA) is 46.3 Å². The molecule has 0 saturated heterocycles. The molecule has 0 aliphatic heterocycles. The first-order chi connectivity index (χ1) is 11.3. The summed E-state index contributed by atoms with van der Waals surface area (Å²) in [5.41, 5.74) is 0. The van der Waals surface area contributed by atoms with Gasteiger partial charge in [-0.15, -0.1) is 11.3 Å². The van der Waals surface area contributed by atoms with Crippen molar-refractivity contribution in [2.75, 3.05) is 4.90 Å². The van der Waals surface area contributed by atoms with Crippen LogP contribution >= 0.6 is 11.3 Å². The standard InChI is InChI=1S/C18H16N2O2S/c1-14(16-7-4-12-22-16)20(17-8-2-3-11-19-17)18(21)10-9-15-6-5-13-23-15/h2-14H,1H3/b10-9+. The van der Waals surface area contributed by atoms with E-state index >= 15 is 0 Å². The summed E-state index contributed by atoms with van der Waals surface area (Å²) in [6, 6.07) is 12.8. The van der Waals surface area contributed by atoms with Gasteiger partial charge in [-0.05, 0) is 48.7 Å². The summed E-state index contributed by atoms with van der Waals surface area (Å²) in [5.74, 6) is 1.17. The molecule has 0 bridgehead atoms. The Kier molecular flexibility index (Phi) is 4.68. The summed E-state index contributed by atoms with van der Waals surface area (Å²) in [6.45, 7) is 1.92. The number of hydrogen-bond acceptors (Lipinski definition) is 4. The van der Waals surface area contributed by atoms with E-state index in [1.165, 1.54) is 0 Å². The molecule has 0 spiro atoms. The van der Waals surface area contributed by atoms with Crippen molar-refractivity contribution in [3.63, 3.8) is 0 Å². The van der Waals surface area contributed by atoms with Gasteiger partial charge in [-0.3, -0.25) is 9.69 Å². The van der Waals surface area contributed by atoms with Gasteiger partial charge < -0.3 is 4.42 Å². The van der Waals surface area contributed by atoms with Gasteiger partial charge in [0.15, 0.2) is 0 Å². The quantitative estimate of drug-likeness (QED) is 0.647. The summed E-state index contributed by atoms with van der Waals surface area (Å²) in [7, 11) is 0. The van der Waals surface area contributed by atoms with Crippen LogP contribution in [0.2, 0.25) is 0 Å². The lowest BCUT2D eigenvalue weighted by atomic mass is 10.2. The van der Waals surface area contributed by atoms with Crippen LogP contribution in [-0.4, -0.2) is 10.9 Å². The lowest BCUT2D eigenvalue weighted by Gasteiger charge is -2.25. The minimum absolute atomic E-state index is 0.138. The molecule has 0 aliphatic rings. The molecule has 116 valence electrons. The largest absolute Gasteiger partial charge is 0.467 e. The third kappa shape index (κ3) is 3.57. The number of carbonyl (C=O) groups excluding carboxylic acids is 1. The highest BCUT2D eigenvalue weighted by Crippen LogP contribution is 2.26. The van der Waals surface area contributed by atoms with Crippen molar-refractivity contribution < 1.29 is 9.21 Å². The molecule has 23 heavy (non-hydrogen) atoms. The number of rotatable bonds is 5. The fraction of sp³-hybridized carbons (Fsp3) is 0.111. The normalized spacial score (nSPS) is 12.4. The number of aromatic nitrogens is 1. The molecular formula is C18H16N2O2S. The minimum atomic E-state index is -0.250. The Morgan fingerprint density at radius 3 is 2.83 bits per heavy atom. The number of hydrogen-bond donors (Lipinski definition) is 0. The van der Waals surface area contributed by atoms with Gasteiger partial charge in [-0.25, -0.2) is 4.98 Å². The number of pyridine rings is 1. The van der Waals surface area contributed by atoms with E-state index in [0.29, 0.717) is 11.6 Å². The predicted octanol–water partition coefficient (Wildman–Crippen LogP) is 4.54. The molecule has 0 aromatic carbocycles. The van der Waals surface area contributed by atoms with E-state index < -0.39 is 0 Å². The second-order valence-corrected chi connectivity index (χ2v) is 5.92. The molecule has 3 aromatic heterocycles. The summed E-state index contributed by atoms with van der Waals surface area (Å²) in [4.78, 5) is 19.7. The lowest BCUT2D eigenvalue weighted by Crippen LogP contribution is -2.32. The molecule has 5 heteroatoms. The van der Waals surface area contributed by atoms with Crippen molar-refractivity contribution in [2.45, 2.75) is 13.0 Å². The third-order valence-corrected chi connectivity index (χ3v) is 4.25. The molecule has 0 fully saturated rings. The van der Waals surface area contributed by atoms with E-state index in [4.69, 9.17) is 4.42 Å². The summed E-state index contributed by atoms with van der Waals surface area (Å²) < 4.78 is 5.45. The fourth-order valence-electron chi connectivity index (χ4n) is 2.27. The number of anilines is 1. The van der Waals surface area contributed by atoms with Gasteiger partial charge >= 0.3 is 0 Å². The van der Waals surface area contributed by atoms with Gasteiger partial charge in [0, 0.05) is 17.2 Å². The SMILES string of the molecule is CC(c1ccco1)N(C(=O)/C=C/c1cccs1)c1ccccn1. The van der Waals surface area contributed by atoms with Crippen LogP contribution in [0.15, 0.2) is 70.8 Å². The highest BCUT2D eigenvalue weighted by atomic mass is 32.1. The van der Waals surface area contributed by atoms with Crippen LogP contribution in [0.1, 0.15) is 23.6 Å². The van der Waals surface area contributed by atoms with E-state index in [1.807, 2.05) is 60.8 Å². The fourth-order valence-corrected chi connectivity index (χ4v) is 2.89. The van der Waals surface area contributed by atoms with Gasteiger partial charge in [0.05, 0.1) is 12.3 Å². The molecule has 1 unspecified atom stereocenters. The molecule has 0 saturated carbocycles. The first-order valence-corrected chi connectivity index (χ1v) is 8.13. The van der Waals surface area contributed by atoms with Gasteiger partial charge in [0.2, 0.25) is 0 Å². The lowest BCUT2D eigenvalue weighted by molar-refractivity contribution is -0.114. The maximum atomic E-state index is 12.7. The molecular weight excluding hydrogens is 308 g/mol. The monoisotopic (exact) mass is 324 g/mol. The zero-order valence-corrected chi connectivity index (χ0v) is 13.4. The first kappa shape index (κ1) is 15.2. The molecule has 4 nitrogen and oxygen atoms in total. The highest BCUT2D eigenvalue weighted by molar-refractivity contribution is 7.10. The maximum Gasteiger partial charge on any atom is 0.252 e. The van der Waals surface area contributed by atoms with Crippen LogP contribution in [0.5, 0.6) is 0 Å². The Balaban J connectivity index is 1.90. The molecule has 1 amide bonds. The van der Waals surface area contributed by atoms with E-state index in [0.717, 1.165) is 4.88 Å². The molecule has 0 N–H and O–H groups in total. The Bertz CT molecular complexity index is 765. The molecule has 3 aromatic rings. The molecule has 1 atom stereocenters. The van der Waals surface area contributed by atoms with Crippen molar-refractivity contribution in [3.8, 4) is 0 Å². The Labute approximate surface area is 138 Å². The minimum Gasteiger partial charge on any atom is -0.467 e. The molecule has 3 rings (SSSR count). The summed E-state index contributed by atoms with van der Waals surface area (Å²) in [6.07, 6.45) is 6.67. The van der Waals surface area contributed by atoms with Crippen LogP contribution in [0, 0.1) is 0 Å². The zero-order chi connectivity index (χ0) is 16.1. The van der Waals surface area contributed by atoms with Crippen molar-refractivity contribution in [1.82, 2.24) is 4.98 Å². The third-order valence-electron chi connectivity index (χ3n) is 3.41. The van der Waals surface area contributed by atoms with E-state index in [-0.39, 0.29) is 11.9 Å². The molecule has 3 heterocycles. The number of amides is 1. The van der Waals surface area contributed by atoms with Crippen LogP contribution in [0.25, 0.3) is 6.08 Å². The van der Waals surface area contributed by atoms with Crippen molar-refractivity contribution in [2.24, 2.45) is 0 Å². The molecule has 0 radical (unpaired) electrons. The van der Waals surface area contributed by atoms with Gasteiger partial charge in [-0.1, -0.05) is 12.1 Å². The van der Waals surface area contributed by atoms with Crippen LogP contribution in [-0.2, 0) is 4.79 Å². The van der Waals surface area contributed by atoms with E-state index in [1.54, 1.807) is 34.8 Å². The van der Waals surface area contributed by atoms with E-state index in [2.05, 4.69) is 4.98 Å². The Hall–Kier alpha value is -2.66. The van der Waals surface area contributed by atoms with Crippen LogP contribution < -0.4 is 4.90 Å². The second-order valence-electron chi connectivity index (χ2n) is 4.94. The average molecular weight is 324 g/mol. The number of carbonyl (C=O) groups is 1. The second kappa shape index (κ2) is 7.07. The van der Waals surface area contributed by atoms with Crippen molar-refractivity contribution in [3.05, 3.63) is 77.0 Å². The smallest absolute Gasteiger partial charge is 0.252 e. The first-order valence-electron chi connectivity index (χ1n) is 7.25.